The molecule has 12 heteroatoms. The maximum absolute atomic E-state index is 12.0. The lowest BCUT2D eigenvalue weighted by Crippen LogP contribution is -2.38. The molecule has 152 valence electrons. The molecule has 0 bridgehead atoms. The molecule has 6 N–H and O–H groups in total. The minimum atomic E-state index is -3.87. The summed E-state index contributed by atoms with van der Waals surface area (Å²) < 4.78 is 24.7. The van der Waals surface area contributed by atoms with Gasteiger partial charge in [0.05, 0.1) is 16.6 Å². The van der Waals surface area contributed by atoms with Gasteiger partial charge >= 0.3 is 0 Å². The lowest BCUT2D eigenvalue weighted by molar-refractivity contribution is -0.122. The fourth-order valence-corrected chi connectivity index (χ4v) is 4.04. The molecule has 0 radical (unpaired) electrons. The van der Waals surface area contributed by atoms with Gasteiger partial charge in [-0.05, 0) is 18.6 Å². The van der Waals surface area contributed by atoms with Crippen LogP contribution in [0.15, 0.2) is 35.5 Å². The molecule has 1 aliphatic rings. The molecule has 1 amide bonds. The monoisotopic (exact) mass is 416 g/mol. The number of primary sulfonamides is 1. The summed E-state index contributed by atoms with van der Waals surface area (Å²) in [5.41, 5.74) is 2.08. The summed E-state index contributed by atoms with van der Waals surface area (Å²) in [5.74, 6) is 6.08. The van der Waals surface area contributed by atoms with E-state index in [0.717, 1.165) is 0 Å². The molecule has 11 nitrogen and oxygen atoms in total. The molecule has 0 saturated carbocycles. The molecule has 2 unspecified atom stereocenters. The second kappa shape index (κ2) is 7.06. The first-order chi connectivity index (χ1) is 13.8. The van der Waals surface area contributed by atoms with Gasteiger partial charge < -0.3 is 16.5 Å². The standard InChI is InChI=1S/C17H20N8O3S/c1-20-17(26)12-6-10(7-21-12)13-14-16(25(18)8-22-14)24-15(23-13)9-3-2-4-11(5-9)29(19,27)28/h2-5,8,10,12,21H,6-7,18H2,1H3,(H,20,26)(H2,19,27,28). The third kappa shape index (κ3) is 3.52. The summed E-state index contributed by atoms with van der Waals surface area (Å²) in [4.78, 5) is 25.4. The Balaban J connectivity index is 1.82. The van der Waals surface area contributed by atoms with Crippen molar-refractivity contribution >= 4 is 27.1 Å². The number of hydrogen-bond donors (Lipinski definition) is 4. The van der Waals surface area contributed by atoms with Crippen LogP contribution in [0.4, 0.5) is 0 Å². The van der Waals surface area contributed by atoms with E-state index in [2.05, 4.69) is 25.6 Å². The zero-order valence-electron chi connectivity index (χ0n) is 15.5. The highest BCUT2D eigenvalue weighted by molar-refractivity contribution is 7.89. The minimum absolute atomic E-state index is 0.0382. The van der Waals surface area contributed by atoms with Crippen molar-refractivity contribution in [3.05, 3.63) is 36.3 Å². The lowest BCUT2D eigenvalue weighted by Gasteiger charge is -2.12. The Kier molecular flexibility index (Phi) is 4.68. The van der Waals surface area contributed by atoms with Crippen LogP contribution in [0.25, 0.3) is 22.6 Å². The molecule has 0 spiro atoms. The van der Waals surface area contributed by atoms with E-state index in [4.69, 9.17) is 11.0 Å². The van der Waals surface area contributed by atoms with Crippen LogP contribution in [0.5, 0.6) is 0 Å². The number of benzene rings is 1. The zero-order valence-corrected chi connectivity index (χ0v) is 16.3. The van der Waals surface area contributed by atoms with E-state index >= 15 is 0 Å². The largest absolute Gasteiger partial charge is 0.358 e. The van der Waals surface area contributed by atoms with Crippen LogP contribution in [0.3, 0.4) is 0 Å². The van der Waals surface area contributed by atoms with Gasteiger partial charge in [0.25, 0.3) is 0 Å². The highest BCUT2D eigenvalue weighted by Gasteiger charge is 2.33. The van der Waals surface area contributed by atoms with Crippen molar-refractivity contribution in [2.75, 3.05) is 19.4 Å². The van der Waals surface area contributed by atoms with Gasteiger partial charge in [0, 0.05) is 25.1 Å². The fraction of sp³-hybridized carbons (Fsp3) is 0.294. The number of imidazole rings is 1. The predicted molar refractivity (Wildman–Crippen MR) is 105 cm³/mol. The molecule has 29 heavy (non-hydrogen) atoms. The van der Waals surface area contributed by atoms with Gasteiger partial charge in [0.15, 0.2) is 11.5 Å². The van der Waals surface area contributed by atoms with Crippen LogP contribution in [0, 0.1) is 0 Å². The third-order valence-corrected chi connectivity index (χ3v) is 5.86. The van der Waals surface area contributed by atoms with Gasteiger partial charge in [-0.25, -0.2) is 33.2 Å². The number of carbonyl (C=O) groups excluding carboxylic acids is 1. The van der Waals surface area contributed by atoms with E-state index in [-0.39, 0.29) is 22.8 Å². The second-order valence-electron chi connectivity index (χ2n) is 6.84. The quantitative estimate of drug-likeness (QED) is 0.394. The van der Waals surface area contributed by atoms with E-state index < -0.39 is 10.0 Å². The Hall–Kier alpha value is -3.09. The topological polar surface area (TPSA) is 171 Å². The molecule has 1 aromatic carbocycles. The summed E-state index contributed by atoms with van der Waals surface area (Å²) in [7, 11) is -2.28. The number of sulfonamides is 1. The van der Waals surface area contributed by atoms with Crippen molar-refractivity contribution in [3.8, 4) is 11.4 Å². The summed E-state index contributed by atoms with van der Waals surface area (Å²) in [6.07, 6.45) is 1.98. The van der Waals surface area contributed by atoms with Crippen LogP contribution >= 0.6 is 0 Å². The van der Waals surface area contributed by atoms with Gasteiger partial charge in [-0.2, -0.15) is 0 Å². The number of amides is 1. The van der Waals surface area contributed by atoms with Crippen molar-refractivity contribution in [2.45, 2.75) is 23.3 Å². The molecule has 1 saturated heterocycles. The smallest absolute Gasteiger partial charge is 0.238 e. The number of carbonyl (C=O) groups is 1. The van der Waals surface area contributed by atoms with Gasteiger partial charge in [-0.15, -0.1) is 0 Å². The first-order valence-corrected chi connectivity index (χ1v) is 10.4. The highest BCUT2D eigenvalue weighted by atomic mass is 32.2. The maximum Gasteiger partial charge on any atom is 0.238 e. The van der Waals surface area contributed by atoms with Crippen molar-refractivity contribution in [1.29, 1.82) is 0 Å². The third-order valence-electron chi connectivity index (χ3n) is 4.95. The number of hydrogen-bond acceptors (Lipinski definition) is 8. The Morgan fingerprint density at radius 2 is 2.14 bits per heavy atom. The number of nitrogen functional groups attached to an aromatic ring is 1. The van der Waals surface area contributed by atoms with Gasteiger partial charge in [-0.1, -0.05) is 12.1 Å². The minimum Gasteiger partial charge on any atom is -0.358 e. The average Bonchev–Trinajstić information content (AvgIpc) is 3.34. The summed E-state index contributed by atoms with van der Waals surface area (Å²) >= 11 is 0. The van der Waals surface area contributed by atoms with Crippen molar-refractivity contribution < 1.29 is 13.2 Å². The number of nitrogens with one attached hydrogen (secondary N) is 2. The Labute approximate surface area is 166 Å². The van der Waals surface area contributed by atoms with Gasteiger partial charge in [0.2, 0.25) is 15.9 Å². The van der Waals surface area contributed by atoms with Crippen LogP contribution in [-0.2, 0) is 14.8 Å². The molecule has 1 aliphatic heterocycles. The summed E-state index contributed by atoms with van der Waals surface area (Å²) in [6.45, 7) is 0.540. The van der Waals surface area contributed by atoms with E-state index in [9.17, 15) is 13.2 Å². The normalized spacial score (nSPS) is 19.5. The number of fused-ring (bicyclic) bond motifs is 1. The predicted octanol–water partition coefficient (Wildman–Crippen LogP) is -0.954. The molecule has 1 fully saturated rings. The van der Waals surface area contributed by atoms with Crippen molar-refractivity contribution in [3.63, 3.8) is 0 Å². The lowest BCUT2D eigenvalue weighted by atomic mass is 10.00. The van der Waals surface area contributed by atoms with E-state index in [1.807, 2.05) is 0 Å². The summed E-state index contributed by atoms with van der Waals surface area (Å²) in [5, 5.41) is 11.1. The molecule has 2 aromatic heterocycles. The molecule has 2 atom stereocenters. The Morgan fingerprint density at radius 1 is 1.34 bits per heavy atom. The van der Waals surface area contributed by atoms with Crippen LogP contribution in [0.1, 0.15) is 18.0 Å². The molecule has 0 aliphatic carbocycles. The highest BCUT2D eigenvalue weighted by Crippen LogP contribution is 2.31. The average molecular weight is 416 g/mol. The fourth-order valence-electron chi connectivity index (χ4n) is 3.48. The van der Waals surface area contributed by atoms with E-state index in [0.29, 0.717) is 41.2 Å². The maximum atomic E-state index is 12.0. The van der Waals surface area contributed by atoms with Crippen molar-refractivity contribution in [2.24, 2.45) is 5.14 Å². The number of nitrogens with zero attached hydrogens (tertiary/aromatic N) is 4. The van der Waals surface area contributed by atoms with Gasteiger partial charge in [0.1, 0.15) is 11.8 Å². The Morgan fingerprint density at radius 3 is 2.86 bits per heavy atom. The van der Waals surface area contributed by atoms with Crippen LogP contribution in [0.2, 0.25) is 0 Å². The second-order valence-corrected chi connectivity index (χ2v) is 8.40. The van der Waals surface area contributed by atoms with E-state index in [1.165, 1.54) is 23.1 Å². The number of likely N-dealkylation sites (N-methyl/N-ethyl adjacent to an activating group) is 1. The zero-order chi connectivity index (χ0) is 20.8. The van der Waals surface area contributed by atoms with Crippen molar-refractivity contribution in [1.82, 2.24) is 30.3 Å². The molecule has 4 rings (SSSR count). The first-order valence-electron chi connectivity index (χ1n) is 8.86. The SMILES string of the molecule is CNC(=O)C1CC(c2nc(-c3cccc(S(N)(=O)=O)c3)nc3c2ncn3N)CN1. The molecular weight excluding hydrogens is 396 g/mol. The molecular formula is C17H20N8O3S. The van der Waals surface area contributed by atoms with E-state index in [1.54, 1.807) is 19.2 Å². The van der Waals surface area contributed by atoms with Crippen LogP contribution < -0.4 is 21.6 Å². The molecule has 3 aromatic rings. The number of nitrogens with two attached hydrogens (primary N) is 2. The van der Waals surface area contributed by atoms with Gasteiger partial charge in [-0.3, -0.25) is 4.79 Å². The summed E-state index contributed by atoms with van der Waals surface area (Å²) in [6, 6.07) is 5.75. The molecule has 3 heterocycles. The van der Waals surface area contributed by atoms with Crippen LogP contribution in [-0.4, -0.2) is 53.6 Å². The first kappa shape index (κ1) is 19.2. The number of rotatable bonds is 4. The number of aromatic nitrogens is 4. The Bertz CT molecular complexity index is 1210.